The van der Waals surface area contributed by atoms with E-state index in [9.17, 15) is 39.6 Å². The Morgan fingerprint density at radius 3 is 2.28 bits per heavy atom. The topological polar surface area (TPSA) is 252 Å². The summed E-state index contributed by atoms with van der Waals surface area (Å²) in [5, 5.41) is 66.2. The minimum Gasteiger partial charge on any atom is -0.394 e. The van der Waals surface area contributed by atoms with Gasteiger partial charge in [0.25, 0.3) is 5.56 Å². The lowest BCUT2D eigenvalue weighted by Crippen LogP contribution is -2.53. The van der Waals surface area contributed by atoms with E-state index in [4.69, 9.17) is 20.1 Å². The van der Waals surface area contributed by atoms with Crippen LogP contribution in [0.1, 0.15) is 13.2 Å². The van der Waals surface area contributed by atoms with Crippen molar-refractivity contribution < 1.29 is 50.1 Å². The largest absolute Gasteiger partial charge is 0.394 e. The molecule has 1 aliphatic heterocycles. The molecule has 15 heteroatoms. The van der Waals surface area contributed by atoms with Gasteiger partial charge in [-0.3, -0.25) is 19.1 Å². The molecular formula is C17H27N3O12. The summed E-state index contributed by atoms with van der Waals surface area (Å²) >= 11 is 0. The number of H-pyrrole nitrogens is 1. The first-order valence-corrected chi connectivity index (χ1v) is 9.29. The fraction of sp³-hybridized carbons (Fsp3) is 0.647. The van der Waals surface area contributed by atoms with E-state index in [-0.39, 0.29) is 6.29 Å². The number of aromatic amines is 1. The molecule has 32 heavy (non-hydrogen) atoms. The molecule has 182 valence electrons. The van der Waals surface area contributed by atoms with Crippen LogP contribution in [0.15, 0.2) is 21.9 Å². The number of nitrogens with one attached hydrogen (secondary N) is 2. The van der Waals surface area contributed by atoms with Crippen LogP contribution in [-0.4, -0.2) is 113 Å². The van der Waals surface area contributed by atoms with Gasteiger partial charge >= 0.3 is 5.69 Å². The molecule has 1 aromatic rings. The number of carbonyl (C=O) groups is 2. The number of aromatic nitrogens is 2. The van der Waals surface area contributed by atoms with Crippen LogP contribution in [0.25, 0.3) is 0 Å². The van der Waals surface area contributed by atoms with Crippen molar-refractivity contribution in [2.45, 2.75) is 55.8 Å². The maximum atomic E-state index is 11.4. The summed E-state index contributed by atoms with van der Waals surface area (Å²) in [5.41, 5.74) is -1.33. The lowest BCUT2D eigenvalue weighted by molar-refractivity contribution is -0.129. The van der Waals surface area contributed by atoms with Gasteiger partial charge in [0.05, 0.1) is 13.2 Å². The molecule has 1 fully saturated rings. The van der Waals surface area contributed by atoms with E-state index in [0.29, 0.717) is 0 Å². The van der Waals surface area contributed by atoms with E-state index >= 15 is 0 Å². The third kappa shape index (κ3) is 7.01. The lowest BCUT2D eigenvalue weighted by Gasteiger charge is -2.25. The van der Waals surface area contributed by atoms with Gasteiger partial charge in [-0.05, 0) is 0 Å². The predicted octanol–water partition coefficient (Wildman–Crippen LogP) is -6.09. The van der Waals surface area contributed by atoms with Crippen molar-refractivity contribution in [3.8, 4) is 0 Å². The number of carbonyl (C=O) groups excluding carboxylic acids is 2. The molecular weight excluding hydrogens is 438 g/mol. The molecule has 0 saturated carbocycles. The predicted molar refractivity (Wildman–Crippen MR) is 103 cm³/mol. The van der Waals surface area contributed by atoms with Crippen molar-refractivity contribution in [3.63, 3.8) is 0 Å². The van der Waals surface area contributed by atoms with Gasteiger partial charge in [0.2, 0.25) is 5.91 Å². The first kappa shape index (κ1) is 27.5. The highest BCUT2D eigenvalue weighted by atomic mass is 16.6. The van der Waals surface area contributed by atoms with E-state index in [0.717, 1.165) is 23.8 Å². The van der Waals surface area contributed by atoms with Crippen LogP contribution >= 0.6 is 0 Å². The molecule has 1 aliphatic rings. The van der Waals surface area contributed by atoms with Crippen LogP contribution in [0.2, 0.25) is 0 Å². The summed E-state index contributed by atoms with van der Waals surface area (Å²) in [5.74, 6) is -0.558. The SMILES string of the molecule is CC(=O)NC(C=O)C(O)C(O)C(O)CO.O=c1ccn([C@@H]2O[C@H](CO)[C@@H](O)[C@H]2O)c(=O)[nH]1. The molecule has 2 rings (SSSR count). The quantitative estimate of drug-likeness (QED) is 0.163. The van der Waals surface area contributed by atoms with Gasteiger partial charge in [-0.2, -0.15) is 0 Å². The Balaban J connectivity index is 0.000000324. The second kappa shape index (κ2) is 12.5. The highest BCUT2D eigenvalue weighted by molar-refractivity contribution is 5.77. The third-order valence-electron chi connectivity index (χ3n) is 4.46. The first-order valence-electron chi connectivity index (χ1n) is 9.29. The number of ether oxygens (including phenoxy) is 1. The minimum atomic E-state index is -1.71. The van der Waals surface area contributed by atoms with E-state index in [1.807, 2.05) is 4.98 Å². The van der Waals surface area contributed by atoms with Crippen LogP contribution in [-0.2, 0) is 14.3 Å². The number of hydrogen-bond acceptors (Lipinski definition) is 12. The molecule has 0 spiro atoms. The fourth-order valence-corrected chi connectivity index (χ4v) is 2.72. The summed E-state index contributed by atoms with van der Waals surface area (Å²) in [4.78, 5) is 45.4. The van der Waals surface area contributed by atoms with Gasteiger partial charge < -0.3 is 50.6 Å². The molecule has 0 aromatic carbocycles. The molecule has 15 nitrogen and oxygen atoms in total. The molecule has 1 saturated heterocycles. The van der Waals surface area contributed by atoms with Crippen LogP contribution < -0.4 is 16.6 Å². The van der Waals surface area contributed by atoms with Crippen molar-refractivity contribution in [1.29, 1.82) is 0 Å². The summed E-state index contributed by atoms with van der Waals surface area (Å²) in [7, 11) is 0. The van der Waals surface area contributed by atoms with Crippen molar-refractivity contribution in [2.24, 2.45) is 0 Å². The Bertz CT molecular complexity index is 858. The average molecular weight is 465 g/mol. The Hall–Kier alpha value is -2.50. The van der Waals surface area contributed by atoms with Crippen molar-refractivity contribution >= 4 is 12.2 Å². The molecule has 8 atom stereocenters. The number of aldehydes is 1. The van der Waals surface area contributed by atoms with Crippen LogP contribution in [0, 0.1) is 0 Å². The summed E-state index contributed by atoms with van der Waals surface area (Å²) in [6.45, 7) is -0.102. The standard InChI is InChI=1S/C9H12N2O6.C8H15NO6/c12-3-4-6(14)7(15)8(17-4)11-2-1-5(13)10-9(11)16;1-4(12)9-5(2-10)7(14)8(15)6(13)3-11/h1-2,4,6-8,12,14-15H,3H2,(H,10,13,16);2,5-8,11,13-15H,3H2,1H3,(H,9,12)/t4-,6-,7-,8-;/m1./s1. The Labute approximate surface area is 180 Å². The van der Waals surface area contributed by atoms with Crippen LogP contribution in [0.4, 0.5) is 0 Å². The smallest absolute Gasteiger partial charge is 0.330 e. The molecule has 1 aromatic heterocycles. The minimum absolute atomic E-state index is 0.235. The van der Waals surface area contributed by atoms with Crippen molar-refractivity contribution in [1.82, 2.24) is 14.9 Å². The number of nitrogens with zero attached hydrogens (tertiary/aromatic N) is 1. The number of amides is 1. The maximum absolute atomic E-state index is 11.4. The van der Waals surface area contributed by atoms with E-state index < -0.39 is 79.3 Å². The van der Waals surface area contributed by atoms with Gasteiger partial charge in [-0.25, -0.2) is 4.79 Å². The molecule has 4 unspecified atom stereocenters. The highest BCUT2D eigenvalue weighted by Crippen LogP contribution is 2.27. The van der Waals surface area contributed by atoms with E-state index in [2.05, 4.69) is 5.32 Å². The van der Waals surface area contributed by atoms with Crippen LogP contribution in [0.5, 0.6) is 0 Å². The molecule has 0 radical (unpaired) electrons. The zero-order valence-electron chi connectivity index (χ0n) is 16.9. The monoisotopic (exact) mass is 465 g/mol. The summed E-state index contributed by atoms with van der Waals surface area (Å²) in [6, 6.07) is -0.227. The summed E-state index contributed by atoms with van der Waals surface area (Å²) in [6.07, 6.45) is -8.30. The number of rotatable bonds is 8. The average Bonchev–Trinajstić information content (AvgIpc) is 3.04. The number of hydrogen-bond donors (Lipinski definition) is 9. The Morgan fingerprint density at radius 2 is 1.84 bits per heavy atom. The van der Waals surface area contributed by atoms with Crippen molar-refractivity contribution in [2.75, 3.05) is 13.2 Å². The van der Waals surface area contributed by atoms with Crippen LogP contribution in [0.3, 0.4) is 0 Å². The molecule has 9 N–H and O–H groups in total. The Morgan fingerprint density at radius 1 is 1.22 bits per heavy atom. The van der Waals surface area contributed by atoms with Gasteiger partial charge in [0.1, 0.15) is 49.0 Å². The molecule has 2 heterocycles. The fourth-order valence-electron chi connectivity index (χ4n) is 2.72. The van der Waals surface area contributed by atoms with Gasteiger partial charge in [0, 0.05) is 19.2 Å². The summed E-state index contributed by atoms with van der Waals surface area (Å²) < 4.78 is 6.08. The van der Waals surface area contributed by atoms with Gasteiger partial charge in [-0.15, -0.1) is 0 Å². The molecule has 0 bridgehead atoms. The van der Waals surface area contributed by atoms with Crippen molar-refractivity contribution in [3.05, 3.63) is 33.1 Å². The lowest BCUT2D eigenvalue weighted by atomic mass is 10.0. The highest BCUT2D eigenvalue weighted by Gasteiger charge is 2.43. The van der Waals surface area contributed by atoms with Gasteiger partial charge in [0.15, 0.2) is 6.23 Å². The maximum Gasteiger partial charge on any atom is 0.330 e. The van der Waals surface area contributed by atoms with E-state index in [1.54, 1.807) is 0 Å². The second-order valence-electron chi connectivity index (χ2n) is 6.84. The number of aliphatic hydroxyl groups is 7. The first-order chi connectivity index (χ1) is 15.0. The normalized spacial score (nSPS) is 26.2. The molecule has 0 aliphatic carbocycles. The zero-order chi connectivity index (χ0) is 24.6. The van der Waals surface area contributed by atoms with Gasteiger partial charge in [-0.1, -0.05) is 0 Å². The third-order valence-corrected chi connectivity index (χ3v) is 4.46. The Kier molecular flexibility index (Phi) is 10.8. The second-order valence-corrected chi connectivity index (χ2v) is 6.84. The van der Waals surface area contributed by atoms with E-state index in [1.165, 1.54) is 0 Å². The zero-order valence-corrected chi connectivity index (χ0v) is 16.9. The number of aliphatic hydroxyl groups excluding tert-OH is 7. The molecule has 1 amide bonds.